The number of benzene rings is 1. The second kappa shape index (κ2) is 6.92. The van der Waals surface area contributed by atoms with E-state index in [0.717, 1.165) is 6.42 Å². The zero-order chi connectivity index (χ0) is 18.1. The van der Waals surface area contributed by atoms with E-state index in [-0.39, 0.29) is 0 Å². The van der Waals surface area contributed by atoms with E-state index >= 15 is 0 Å². The summed E-state index contributed by atoms with van der Waals surface area (Å²) in [7, 11) is 4.16. The first-order valence-electron chi connectivity index (χ1n) is 9.16. The number of fused-ring (bicyclic) bond motifs is 1. The van der Waals surface area contributed by atoms with Crippen LogP contribution >= 0.6 is 0 Å². The van der Waals surface area contributed by atoms with E-state index in [9.17, 15) is 0 Å². The van der Waals surface area contributed by atoms with Crippen LogP contribution in [-0.2, 0) is 6.42 Å². The minimum absolute atomic E-state index is 0.548. The average molecular weight is 332 g/mol. The topological polar surface area (TPSA) is 3.24 Å². The van der Waals surface area contributed by atoms with Gasteiger partial charge in [-0.2, -0.15) is 0 Å². The molecule has 0 atom stereocenters. The van der Waals surface area contributed by atoms with Crippen LogP contribution in [0.5, 0.6) is 0 Å². The molecular weight excluding hydrogens is 302 g/mol. The SMILES string of the molecule is Cc1cc(Cc2ccc(N(C)C)cc2)c2c(C)ccc(C(C)C)cc1-2. The molecule has 2 aliphatic carbocycles. The van der Waals surface area contributed by atoms with E-state index < -0.39 is 0 Å². The molecule has 130 valence electrons. The van der Waals surface area contributed by atoms with Crippen LogP contribution in [0.3, 0.4) is 0 Å². The van der Waals surface area contributed by atoms with Crippen molar-refractivity contribution in [1.29, 1.82) is 0 Å². The Hall–Kier alpha value is -2.28. The van der Waals surface area contributed by atoms with Gasteiger partial charge >= 0.3 is 0 Å². The van der Waals surface area contributed by atoms with Crippen molar-refractivity contribution in [2.75, 3.05) is 19.0 Å². The van der Waals surface area contributed by atoms with Crippen LogP contribution in [0.4, 0.5) is 5.69 Å². The molecule has 0 saturated heterocycles. The number of aryl methyl sites for hydroxylation is 2. The van der Waals surface area contributed by atoms with Gasteiger partial charge in [0.1, 0.15) is 0 Å². The van der Waals surface area contributed by atoms with E-state index in [1.54, 1.807) is 0 Å². The van der Waals surface area contributed by atoms with Gasteiger partial charge in [0, 0.05) is 19.8 Å². The predicted octanol–water partition coefficient (Wildman–Crippen LogP) is 6.19. The van der Waals surface area contributed by atoms with E-state index in [4.69, 9.17) is 0 Å². The molecule has 2 aliphatic rings. The van der Waals surface area contributed by atoms with Crippen LogP contribution in [0.25, 0.3) is 11.1 Å². The zero-order valence-electron chi connectivity index (χ0n) is 16.4. The number of rotatable bonds is 4. The van der Waals surface area contributed by atoms with Gasteiger partial charge in [0.2, 0.25) is 0 Å². The van der Waals surface area contributed by atoms with Gasteiger partial charge < -0.3 is 4.90 Å². The summed E-state index contributed by atoms with van der Waals surface area (Å²) < 4.78 is 0. The Kier molecular flexibility index (Phi) is 4.85. The third-order valence-corrected chi connectivity index (χ3v) is 5.15. The van der Waals surface area contributed by atoms with Crippen LogP contribution in [0, 0.1) is 13.8 Å². The molecule has 1 nitrogen and oxygen atoms in total. The highest BCUT2D eigenvalue weighted by atomic mass is 15.1. The highest BCUT2D eigenvalue weighted by Crippen LogP contribution is 2.37. The molecule has 0 aliphatic heterocycles. The molecule has 25 heavy (non-hydrogen) atoms. The second-order valence-corrected chi connectivity index (χ2v) is 7.69. The fraction of sp³-hybridized carbons (Fsp3) is 0.333. The largest absolute Gasteiger partial charge is 0.378 e. The standard InChI is InChI=1S/C24H29N/c1-16(2)20-10-7-17(3)24-21(13-18(4)23(24)15-20)14-19-8-11-22(12-9-19)25(5)6/h7-13,15-16H,14H2,1-6H3. The molecule has 1 aromatic rings. The fourth-order valence-electron chi connectivity index (χ4n) is 3.58. The fourth-order valence-corrected chi connectivity index (χ4v) is 3.58. The first kappa shape index (κ1) is 17.5. The quantitative estimate of drug-likeness (QED) is 0.551. The van der Waals surface area contributed by atoms with Gasteiger partial charge in [0.05, 0.1) is 0 Å². The highest BCUT2D eigenvalue weighted by Gasteiger charge is 2.16. The van der Waals surface area contributed by atoms with Crippen molar-refractivity contribution in [3.63, 3.8) is 0 Å². The molecule has 0 spiro atoms. The first-order chi connectivity index (χ1) is 11.9. The third kappa shape index (κ3) is 3.56. The minimum atomic E-state index is 0.548. The van der Waals surface area contributed by atoms with Crippen molar-refractivity contribution in [3.8, 4) is 11.1 Å². The van der Waals surface area contributed by atoms with Gasteiger partial charge in [-0.1, -0.05) is 50.2 Å². The monoisotopic (exact) mass is 331 g/mol. The smallest absolute Gasteiger partial charge is 0.0361 e. The van der Waals surface area contributed by atoms with Gasteiger partial charge in [-0.25, -0.2) is 0 Å². The summed E-state index contributed by atoms with van der Waals surface area (Å²) in [6.45, 7) is 9.01. The number of nitrogens with zero attached hydrogens (tertiary/aromatic N) is 1. The predicted molar refractivity (Wildman–Crippen MR) is 110 cm³/mol. The maximum Gasteiger partial charge on any atom is 0.0361 e. The molecular formula is C24H29N. The van der Waals surface area contributed by atoms with E-state index in [1.807, 2.05) is 0 Å². The number of hydrogen-bond acceptors (Lipinski definition) is 1. The van der Waals surface area contributed by atoms with Crippen molar-refractivity contribution in [1.82, 2.24) is 0 Å². The molecule has 0 heterocycles. The third-order valence-electron chi connectivity index (χ3n) is 5.15. The highest BCUT2D eigenvalue weighted by molar-refractivity contribution is 5.78. The maximum absolute atomic E-state index is 2.39. The number of hydrogen-bond donors (Lipinski definition) is 0. The Balaban J connectivity index is 2.01. The van der Waals surface area contributed by atoms with Crippen molar-refractivity contribution < 1.29 is 0 Å². The van der Waals surface area contributed by atoms with Crippen LogP contribution in [0.2, 0.25) is 0 Å². The molecule has 0 bridgehead atoms. The maximum atomic E-state index is 2.39. The zero-order valence-corrected chi connectivity index (χ0v) is 16.4. The van der Waals surface area contributed by atoms with E-state index in [0.29, 0.717) is 5.92 Å². The van der Waals surface area contributed by atoms with Crippen molar-refractivity contribution in [2.45, 2.75) is 40.0 Å². The van der Waals surface area contributed by atoms with Gasteiger partial charge in [-0.3, -0.25) is 0 Å². The molecule has 0 aromatic heterocycles. The minimum Gasteiger partial charge on any atom is -0.378 e. The summed E-state index contributed by atoms with van der Waals surface area (Å²) in [6.07, 6.45) is 0.986. The first-order valence-corrected chi connectivity index (χ1v) is 9.16. The lowest BCUT2D eigenvalue weighted by atomic mass is 9.98. The number of anilines is 1. The van der Waals surface area contributed by atoms with Crippen molar-refractivity contribution >= 4 is 5.69 Å². The van der Waals surface area contributed by atoms with Crippen LogP contribution in [0.15, 0.2) is 48.5 Å². The van der Waals surface area contributed by atoms with Gasteiger partial charge in [-0.15, -0.1) is 0 Å². The van der Waals surface area contributed by atoms with Crippen LogP contribution in [-0.4, -0.2) is 14.1 Å². The molecule has 0 radical (unpaired) electrons. The molecule has 0 amide bonds. The molecule has 3 rings (SSSR count). The Morgan fingerprint density at radius 1 is 0.840 bits per heavy atom. The summed E-state index contributed by atoms with van der Waals surface area (Å²) in [5.41, 5.74) is 11.1. The summed E-state index contributed by atoms with van der Waals surface area (Å²) in [5, 5.41) is 0. The lowest BCUT2D eigenvalue weighted by Gasteiger charge is -2.13. The normalized spacial score (nSPS) is 11.3. The van der Waals surface area contributed by atoms with E-state index in [2.05, 4.69) is 95.2 Å². The van der Waals surface area contributed by atoms with E-state index in [1.165, 1.54) is 44.6 Å². The summed E-state index contributed by atoms with van der Waals surface area (Å²) in [5.74, 6) is 0.548. The Labute approximate surface area is 152 Å². The van der Waals surface area contributed by atoms with Gasteiger partial charge in [-0.05, 0) is 77.3 Å². The Morgan fingerprint density at radius 2 is 1.52 bits per heavy atom. The molecule has 0 saturated carbocycles. The summed E-state index contributed by atoms with van der Waals surface area (Å²) in [6, 6.07) is 18.3. The van der Waals surface area contributed by atoms with Gasteiger partial charge in [0.25, 0.3) is 0 Å². The van der Waals surface area contributed by atoms with Gasteiger partial charge in [0.15, 0.2) is 0 Å². The molecule has 0 fully saturated rings. The lowest BCUT2D eigenvalue weighted by Crippen LogP contribution is -2.08. The van der Waals surface area contributed by atoms with Crippen LogP contribution < -0.4 is 4.90 Å². The second-order valence-electron chi connectivity index (χ2n) is 7.69. The molecule has 1 heteroatoms. The molecule has 0 N–H and O–H groups in total. The molecule has 0 unspecified atom stereocenters. The van der Waals surface area contributed by atoms with Crippen molar-refractivity contribution in [2.24, 2.45) is 0 Å². The summed E-state index contributed by atoms with van der Waals surface area (Å²) >= 11 is 0. The Bertz CT molecular complexity index is 841. The lowest BCUT2D eigenvalue weighted by molar-refractivity contribution is 0.868. The van der Waals surface area contributed by atoms with Crippen molar-refractivity contribution in [3.05, 3.63) is 76.3 Å². The summed E-state index contributed by atoms with van der Waals surface area (Å²) in [4.78, 5) is 2.14. The Morgan fingerprint density at radius 3 is 2.12 bits per heavy atom. The molecule has 1 aromatic carbocycles. The van der Waals surface area contributed by atoms with Crippen LogP contribution in [0.1, 0.15) is 47.6 Å². The average Bonchev–Trinajstić information content (AvgIpc) is 2.75.